The number of halogens is 3. The number of rotatable bonds is 7. The fourth-order valence-electron chi connectivity index (χ4n) is 3.76. The van der Waals surface area contributed by atoms with E-state index < -0.39 is 20.5 Å². The molecule has 0 amide bonds. The SMILES string of the molecule is CCCCCCC[Si@H]1CC[C@H](C=CC#Cc2ccc(C(F)(F)F)cc2)CC1. The van der Waals surface area contributed by atoms with Crippen molar-refractivity contribution in [1.82, 2.24) is 0 Å². The number of hydrogen-bond acceptors (Lipinski definition) is 0. The van der Waals surface area contributed by atoms with Crippen LogP contribution in [0.2, 0.25) is 18.1 Å². The summed E-state index contributed by atoms with van der Waals surface area (Å²) in [6.45, 7) is 2.26. The van der Waals surface area contributed by atoms with E-state index in [1.165, 1.54) is 75.2 Å². The van der Waals surface area contributed by atoms with Gasteiger partial charge in [-0.2, -0.15) is 13.2 Å². The molecule has 0 radical (unpaired) electrons. The molecule has 27 heavy (non-hydrogen) atoms. The second-order valence-electron chi connectivity index (χ2n) is 7.69. The van der Waals surface area contributed by atoms with Crippen LogP contribution in [-0.4, -0.2) is 8.80 Å². The lowest BCUT2D eigenvalue weighted by Gasteiger charge is -2.25. The van der Waals surface area contributed by atoms with Gasteiger partial charge >= 0.3 is 6.18 Å². The average Bonchev–Trinajstić information content (AvgIpc) is 2.66. The molecule has 4 heteroatoms. The van der Waals surface area contributed by atoms with Gasteiger partial charge in [0.15, 0.2) is 0 Å². The number of unbranched alkanes of at least 4 members (excludes halogenated alkanes) is 4. The van der Waals surface area contributed by atoms with Crippen molar-refractivity contribution in [2.24, 2.45) is 5.92 Å². The lowest BCUT2D eigenvalue weighted by atomic mass is 10.0. The maximum Gasteiger partial charge on any atom is 0.416 e. The van der Waals surface area contributed by atoms with Crippen molar-refractivity contribution in [1.29, 1.82) is 0 Å². The number of benzene rings is 1. The molecule has 1 aromatic carbocycles. The number of alkyl halides is 3. The Bertz CT molecular complexity index is 626. The van der Waals surface area contributed by atoms with Gasteiger partial charge in [0.2, 0.25) is 0 Å². The van der Waals surface area contributed by atoms with E-state index in [1.54, 1.807) is 0 Å². The van der Waals surface area contributed by atoms with Crippen LogP contribution in [0.5, 0.6) is 0 Å². The molecule has 0 bridgehead atoms. The van der Waals surface area contributed by atoms with Crippen LogP contribution >= 0.6 is 0 Å². The van der Waals surface area contributed by atoms with E-state index in [2.05, 4.69) is 24.8 Å². The zero-order valence-electron chi connectivity index (χ0n) is 16.3. The summed E-state index contributed by atoms with van der Waals surface area (Å²) in [5.41, 5.74) is -0.0123. The van der Waals surface area contributed by atoms with Gasteiger partial charge in [0.1, 0.15) is 0 Å². The second-order valence-corrected chi connectivity index (χ2v) is 11.2. The summed E-state index contributed by atoms with van der Waals surface area (Å²) >= 11 is 0. The van der Waals surface area contributed by atoms with Crippen LogP contribution in [-0.2, 0) is 6.18 Å². The highest BCUT2D eigenvalue weighted by atomic mass is 28.3. The largest absolute Gasteiger partial charge is 0.416 e. The van der Waals surface area contributed by atoms with Gasteiger partial charge in [0, 0.05) is 14.4 Å². The van der Waals surface area contributed by atoms with Gasteiger partial charge in [-0.05, 0) is 49.1 Å². The summed E-state index contributed by atoms with van der Waals surface area (Å²) in [7, 11) is -0.487. The molecule has 0 saturated carbocycles. The molecular weight excluding hydrogens is 361 g/mol. The molecule has 148 valence electrons. The maximum absolute atomic E-state index is 12.5. The van der Waals surface area contributed by atoms with Crippen LogP contribution in [0.25, 0.3) is 0 Å². The lowest BCUT2D eigenvalue weighted by Crippen LogP contribution is -2.20. The van der Waals surface area contributed by atoms with Crippen molar-refractivity contribution in [3.8, 4) is 11.8 Å². The molecule has 0 spiro atoms. The van der Waals surface area contributed by atoms with E-state index in [1.807, 2.05) is 6.08 Å². The molecule has 0 atom stereocenters. The van der Waals surface area contributed by atoms with Crippen molar-refractivity contribution in [3.05, 3.63) is 47.5 Å². The number of allylic oxidation sites excluding steroid dienone is 2. The van der Waals surface area contributed by atoms with E-state index in [9.17, 15) is 13.2 Å². The number of hydrogen-bond donors (Lipinski definition) is 0. The molecular formula is C23H31F3Si. The minimum Gasteiger partial charge on any atom is -0.166 e. The highest BCUT2D eigenvalue weighted by Gasteiger charge is 2.29. The molecule has 1 aromatic rings. The van der Waals surface area contributed by atoms with Crippen LogP contribution in [0.4, 0.5) is 13.2 Å². The molecule has 2 rings (SSSR count). The average molecular weight is 393 g/mol. The third-order valence-electron chi connectivity index (χ3n) is 5.49. The molecule has 0 aromatic heterocycles. The third-order valence-corrected chi connectivity index (χ3v) is 9.01. The van der Waals surface area contributed by atoms with Gasteiger partial charge in [-0.25, -0.2) is 0 Å². The lowest BCUT2D eigenvalue weighted by molar-refractivity contribution is -0.137. The maximum atomic E-state index is 12.5. The first-order valence-electron chi connectivity index (χ1n) is 10.3. The van der Waals surface area contributed by atoms with Crippen LogP contribution < -0.4 is 0 Å². The molecule has 1 aliphatic heterocycles. The molecule has 1 heterocycles. The standard InChI is InChI=1S/C23H31F3Si/c1-2-3-4-5-8-17-27-18-15-21(16-19-27)10-7-6-9-20-11-13-22(14-12-20)23(24,25)26/h7,10-14,21,27H,2-5,8,15-19H2,1H3/t21-,27-. The summed E-state index contributed by atoms with van der Waals surface area (Å²) in [6, 6.07) is 9.46. The fraction of sp³-hybridized carbons (Fsp3) is 0.565. The summed E-state index contributed by atoms with van der Waals surface area (Å²) < 4.78 is 37.6. The minimum absolute atomic E-state index is 0.487. The molecule has 1 saturated heterocycles. The van der Waals surface area contributed by atoms with E-state index in [-0.39, 0.29) is 0 Å². The van der Waals surface area contributed by atoms with Crippen molar-refractivity contribution < 1.29 is 13.2 Å². The zero-order chi connectivity index (χ0) is 19.5. The molecule has 0 unspecified atom stereocenters. The van der Waals surface area contributed by atoms with E-state index >= 15 is 0 Å². The summed E-state index contributed by atoms with van der Waals surface area (Å²) in [6.07, 6.45) is 9.34. The monoisotopic (exact) mass is 392 g/mol. The Balaban J connectivity index is 1.69. The van der Waals surface area contributed by atoms with Crippen LogP contribution in [0.1, 0.15) is 63.0 Å². The van der Waals surface area contributed by atoms with E-state index in [4.69, 9.17) is 0 Å². The topological polar surface area (TPSA) is 0 Å². The Morgan fingerprint density at radius 1 is 1.04 bits per heavy atom. The molecule has 0 nitrogen and oxygen atoms in total. The van der Waals surface area contributed by atoms with Crippen LogP contribution in [0.15, 0.2) is 36.4 Å². The zero-order valence-corrected chi connectivity index (χ0v) is 17.5. The predicted octanol–water partition coefficient (Wildman–Crippen LogP) is 7.22. The van der Waals surface area contributed by atoms with Crippen molar-refractivity contribution in [2.75, 3.05) is 0 Å². The van der Waals surface area contributed by atoms with Crippen molar-refractivity contribution in [3.63, 3.8) is 0 Å². The predicted molar refractivity (Wildman–Crippen MR) is 111 cm³/mol. The van der Waals surface area contributed by atoms with Crippen LogP contribution in [0, 0.1) is 17.8 Å². The normalized spacial score (nSPS) is 20.4. The first kappa shape index (κ1) is 21.8. The van der Waals surface area contributed by atoms with E-state index in [0.717, 1.165) is 12.1 Å². The Kier molecular flexibility index (Phi) is 9.20. The van der Waals surface area contributed by atoms with Gasteiger partial charge in [0.05, 0.1) is 5.56 Å². The molecule has 1 aliphatic rings. The Morgan fingerprint density at radius 3 is 2.33 bits per heavy atom. The van der Waals surface area contributed by atoms with Gasteiger partial charge in [-0.1, -0.05) is 75.1 Å². The fourth-order valence-corrected chi connectivity index (χ4v) is 7.29. The smallest absolute Gasteiger partial charge is 0.166 e. The first-order valence-corrected chi connectivity index (χ1v) is 12.8. The highest BCUT2D eigenvalue weighted by Crippen LogP contribution is 2.30. The van der Waals surface area contributed by atoms with Gasteiger partial charge in [0.25, 0.3) is 0 Å². The summed E-state index contributed by atoms with van der Waals surface area (Å²) in [4.78, 5) is 0. The summed E-state index contributed by atoms with van der Waals surface area (Å²) in [5.74, 6) is 6.53. The van der Waals surface area contributed by atoms with Gasteiger partial charge in [-0.15, -0.1) is 0 Å². The minimum atomic E-state index is -4.29. The molecule has 1 fully saturated rings. The first-order chi connectivity index (χ1) is 13.0. The highest BCUT2D eigenvalue weighted by molar-refractivity contribution is 6.58. The van der Waals surface area contributed by atoms with Gasteiger partial charge in [-0.3, -0.25) is 0 Å². The third kappa shape index (κ3) is 8.39. The van der Waals surface area contributed by atoms with Gasteiger partial charge < -0.3 is 0 Å². The molecule has 0 N–H and O–H groups in total. The van der Waals surface area contributed by atoms with Crippen LogP contribution in [0.3, 0.4) is 0 Å². The van der Waals surface area contributed by atoms with E-state index in [0.29, 0.717) is 11.5 Å². The second kappa shape index (κ2) is 11.4. The Hall–Kier alpha value is -1.47. The quantitative estimate of drug-likeness (QED) is 0.261. The van der Waals surface area contributed by atoms with Crippen molar-refractivity contribution in [2.45, 2.75) is 76.2 Å². The van der Waals surface area contributed by atoms with Crippen molar-refractivity contribution >= 4 is 8.80 Å². The molecule has 0 aliphatic carbocycles. The Morgan fingerprint density at radius 2 is 1.70 bits per heavy atom. The summed E-state index contributed by atoms with van der Waals surface area (Å²) in [5, 5.41) is 0. The Labute approximate surface area is 163 Å².